The van der Waals surface area contributed by atoms with Gasteiger partial charge in [0, 0.05) is 19.1 Å². The minimum Gasteiger partial charge on any atom is -0.343 e. The molecule has 1 rings (SSSR count). The van der Waals surface area contributed by atoms with Crippen LogP contribution in [0.15, 0.2) is 0 Å². The van der Waals surface area contributed by atoms with Gasteiger partial charge < -0.3 is 15.5 Å². The largest absolute Gasteiger partial charge is 0.343 e. The maximum absolute atomic E-state index is 12.6. The Kier molecular flexibility index (Phi) is 6.80. The fourth-order valence-electron chi connectivity index (χ4n) is 2.97. The lowest BCUT2D eigenvalue weighted by atomic mass is 9.77. The Morgan fingerprint density at radius 2 is 1.95 bits per heavy atom. The summed E-state index contributed by atoms with van der Waals surface area (Å²) in [6, 6.07) is 0.0455. The van der Waals surface area contributed by atoms with Crippen LogP contribution in [0.3, 0.4) is 0 Å². The number of carbonyl (C=O) groups excluding carboxylic acids is 1. The predicted octanol–water partition coefficient (Wildman–Crippen LogP) is 1.55. The van der Waals surface area contributed by atoms with Gasteiger partial charge in [0.15, 0.2) is 0 Å². The Balaban J connectivity index is 2.52. The SMILES string of the molecule is CCN(CCCN(C)C)C(=O)C1CCCC(C)C1N. The van der Waals surface area contributed by atoms with Crippen molar-refractivity contribution in [3.8, 4) is 0 Å². The molecule has 1 aliphatic carbocycles. The van der Waals surface area contributed by atoms with E-state index in [-0.39, 0.29) is 17.9 Å². The van der Waals surface area contributed by atoms with E-state index in [2.05, 4.69) is 32.8 Å². The van der Waals surface area contributed by atoms with Gasteiger partial charge in [-0.05, 0) is 52.7 Å². The first kappa shape index (κ1) is 16.4. The molecular weight excluding hydrogens is 238 g/mol. The Hall–Kier alpha value is -0.610. The first-order valence-electron chi connectivity index (χ1n) is 7.66. The maximum Gasteiger partial charge on any atom is 0.227 e. The average molecular weight is 269 g/mol. The molecule has 0 heterocycles. The van der Waals surface area contributed by atoms with Crippen LogP contribution in [0.1, 0.15) is 39.5 Å². The molecular formula is C15H31N3O. The zero-order valence-electron chi connectivity index (χ0n) is 13.1. The van der Waals surface area contributed by atoms with E-state index >= 15 is 0 Å². The van der Waals surface area contributed by atoms with E-state index in [1.165, 1.54) is 0 Å². The first-order valence-corrected chi connectivity index (χ1v) is 7.66. The molecule has 0 saturated heterocycles. The number of nitrogens with two attached hydrogens (primary N) is 1. The van der Waals surface area contributed by atoms with Crippen molar-refractivity contribution in [1.82, 2.24) is 9.80 Å². The zero-order valence-corrected chi connectivity index (χ0v) is 13.1. The molecule has 3 atom stereocenters. The minimum absolute atomic E-state index is 0.0445. The number of hydrogen-bond donors (Lipinski definition) is 1. The molecule has 4 heteroatoms. The number of hydrogen-bond acceptors (Lipinski definition) is 3. The van der Waals surface area contributed by atoms with Crippen molar-refractivity contribution in [2.75, 3.05) is 33.7 Å². The van der Waals surface area contributed by atoms with Gasteiger partial charge in [0.05, 0.1) is 5.92 Å². The molecule has 1 aliphatic rings. The third-order valence-corrected chi connectivity index (χ3v) is 4.34. The van der Waals surface area contributed by atoms with Crippen molar-refractivity contribution in [3.63, 3.8) is 0 Å². The fourth-order valence-corrected chi connectivity index (χ4v) is 2.97. The van der Waals surface area contributed by atoms with Crippen molar-refractivity contribution >= 4 is 5.91 Å². The number of amides is 1. The molecule has 2 N–H and O–H groups in total. The molecule has 0 aliphatic heterocycles. The molecule has 0 aromatic rings. The van der Waals surface area contributed by atoms with Gasteiger partial charge in [0.2, 0.25) is 5.91 Å². The van der Waals surface area contributed by atoms with Gasteiger partial charge in [-0.1, -0.05) is 13.3 Å². The maximum atomic E-state index is 12.6. The Labute approximate surface area is 118 Å². The lowest BCUT2D eigenvalue weighted by molar-refractivity contribution is -0.137. The van der Waals surface area contributed by atoms with Gasteiger partial charge >= 0.3 is 0 Å². The number of carbonyl (C=O) groups is 1. The van der Waals surface area contributed by atoms with E-state index in [0.717, 1.165) is 45.3 Å². The quantitative estimate of drug-likeness (QED) is 0.796. The zero-order chi connectivity index (χ0) is 14.4. The molecule has 1 fully saturated rings. The van der Waals surface area contributed by atoms with Gasteiger partial charge in [-0.2, -0.15) is 0 Å². The van der Waals surface area contributed by atoms with Gasteiger partial charge in [0.25, 0.3) is 0 Å². The van der Waals surface area contributed by atoms with Crippen molar-refractivity contribution in [3.05, 3.63) is 0 Å². The second-order valence-corrected chi connectivity index (χ2v) is 6.17. The van der Waals surface area contributed by atoms with E-state index in [1.54, 1.807) is 0 Å². The van der Waals surface area contributed by atoms with Gasteiger partial charge in [0.1, 0.15) is 0 Å². The van der Waals surface area contributed by atoms with Crippen LogP contribution in [0.25, 0.3) is 0 Å². The molecule has 0 aromatic carbocycles. The molecule has 0 radical (unpaired) electrons. The Bertz CT molecular complexity index is 281. The van der Waals surface area contributed by atoms with Crippen LogP contribution in [-0.2, 0) is 4.79 Å². The van der Waals surface area contributed by atoms with Crippen LogP contribution < -0.4 is 5.73 Å². The van der Waals surface area contributed by atoms with Crippen LogP contribution in [0, 0.1) is 11.8 Å². The summed E-state index contributed by atoms with van der Waals surface area (Å²) in [6.07, 6.45) is 4.30. The topological polar surface area (TPSA) is 49.6 Å². The highest BCUT2D eigenvalue weighted by Gasteiger charge is 2.34. The van der Waals surface area contributed by atoms with E-state index in [9.17, 15) is 4.79 Å². The molecule has 0 spiro atoms. The molecule has 0 aromatic heterocycles. The lowest BCUT2D eigenvalue weighted by Gasteiger charge is -2.36. The highest BCUT2D eigenvalue weighted by molar-refractivity contribution is 5.79. The molecule has 112 valence electrons. The van der Waals surface area contributed by atoms with E-state index in [0.29, 0.717) is 5.92 Å². The standard InChI is InChI=1S/C15H31N3O/c1-5-18(11-7-10-17(3)4)15(19)13-9-6-8-12(2)14(13)16/h12-14H,5-11,16H2,1-4H3. The van der Waals surface area contributed by atoms with Crippen LogP contribution in [0.5, 0.6) is 0 Å². The summed E-state index contributed by atoms with van der Waals surface area (Å²) < 4.78 is 0. The number of rotatable bonds is 6. The summed E-state index contributed by atoms with van der Waals surface area (Å²) in [5.41, 5.74) is 6.24. The first-order chi connectivity index (χ1) is 8.97. The summed E-state index contributed by atoms with van der Waals surface area (Å²) in [6.45, 7) is 6.91. The molecule has 4 nitrogen and oxygen atoms in total. The smallest absolute Gasteiger partial charge is 0.227 e. The van der Waals surface area contributed by atoms with Crippen molar-refractivity contribution in [1.29, 1.82) is 0 Å². The summed E-state index contributed by atoms with van der Waals surface area (Å²) in [5, 5.41) is 0. The monoisotopic (exact) mass is 269 g/mol. The van der Waals surface area contributed by atoms with Crippen molar-refractivity contribution < 1.29 is 4.79 Å². The summed E-state index contributed by atoms with van der Waals surface area (Å²) in [5.74, 6) is 0.798. The third-order valence-electron chi connectivity index (χ3n) is 4.34. The highest BCUT2D eigenvalue weighted by Crippen LogP contribution is 2.29. The van der Waals surface area contributed by atoms with Crippen LogP contribution >= 0.6 is 0 Å². The lowest BCUT2D eigenvalue weighted by Crippen LogP contribution is -2.49. The van der Waals surface area contributed by atoms with Gasteiger partial charge in [-0.15, -0.1) is 0 Å². The summed E-state index contributed by atoms with van der Waals surface area (Å²) in [4.78, 5) is 16.7. The summed E-state index contributed by atoms with van der Waals surface area (Å²) >= 11 is 0. The third kappa shape index (κ3) is 4.77. The number of nitrogens with zero attached hydrogens (tertiary/aromatic N) is 2. The van der Waals surface area contributed by atoms with Crippen LogP contribution in [-0.4, -0.2) is 55.5 Å². The Morgan fingerprint density at radius 1 is 1.26 bits per heavy atom. The van der Waals surface area contributed by atoms with E-state index < -0.39 is 0 Å². The van der Waals surface area contributed by atoms with Crippen LogP contribution in [0.2, 0.25) is 0 Å². The van der Waals surface area contributed by atoms with Crippen molar-refractivity contribution in [2.45, 2.75) is 45.6 Å². The molecule has 1 amide bonds. The molecule has 3 unspecified atom stereocenters. The average Bonchev–Trinajstić information content (AvgIpc) is 2.37. The predicted molar refractivity (Wildman–Crippen MR) is 79.9 cm³/mol. The molecule has 19 heavy (non-hydrogen) atoms. The normalized spacial score (nSPS) is 27.6. The van der Waals surface area contributed by atoms with E-state index in [4.69, 9.17) is 5.73 Å². The second kappa shape index (κ2) is 7.85. The molecule has 0 bridgehead atoms. The van der Waals surface area contributed by atoms with Crippen LogP contribution in [0.4, 0.5) is 0 Å². The highest BCUT2D eigenvalue weighted by atomic mass is 16.2. The second-order valence-electron chi connectivity index (χ2n) is 6.17. The minimum atomic E-state index is 0.0445. The Morgan fingerprint density at radius 3 is 2.53 bits per heavy atom. The van der Waals surface area contributed by atoms with Crippen molar-refractivity contribution in [2.24, 2.45) is 17.6 Å². The van der Waals surface area contributed by atoms with E-state index in [1.807, 2.05) is 4.90 Å². The summed E-state index contributed by atoms with van der Waals surface area (Å²) in [7, 11) is 4.13. The van der Waals surface area contributed by atoms with Gasteiger partial charge in [-0.25, -0.2) is 0 Å². The van der Waals surface area contributed by atoms with Gasteiger partial charge in [-0.3, -0.25) is 4.79 Å². The molecule has 1 saturated carbocycles. The fraction of sp³-hybridized carbons (Fsp3) is 0.933.